The Morgan fingerprint density at radius 2 is 2.06 bits per heavy atom. The van der Waals surface area contributed by atoms with Crippen LogP contribution in [0, 0.1) is 13.8 Å². The highest BCUT2D eigenvalue weighted by molar-refractivity contribution is 7.84. The van der Waals surface area contributed by atoms with Gasteiger partial charge in [-0.05, 0) is 32.3 Å². The molecular formula is C13H19N3OS. The van der Waals surface area contributed by atoms with Gasteiger partial charge in [-0.15, -0.1) is 0 Å². The molecule has 0 aliphatic rings. The summed E-state index contributed by atoms with van der Waals surface area (Å²) < 4.78 is 13.2. The zero-order chi connectivity index (χ0) is 13.1. The first kappa shape index (κ1) is 13.2. The van der Waals surface area contributed by atoms with Gasteiger partial charge in [0, 0.05) is 35.0 Å². The highest BCUT2D eigenvalue weighted by atomic mass is 32.2. The third-order valence-corrected chi connectivity index (χ3v) is 4.09. The van der Waals surface area contributed by atoms with Gasteiger partial charge < -0.3 is 4.57 Å². The Morgan fingerprint density at radius 3 is 2.78 bits per heavy atom. The number of rotatable bonds is 5. The van der Waals surface area contributed by atoms with Crippen LogP contribution in [0.5, 0.6) is 0 Å². The lowest BCUT2D eigenvalue weighted by atomic mass is 10.2. The average molecular weight is 265 g/mol. The zero-order valence-corrected chi connectivity index (χ0v) is 12.0. The summed E-state index contributed by atoms with van der Waals surface area (Å²) in [5.74, 6) is 0.784. The summed E-state index contributed by atoms with van der Waals surface area (Å²) in [6, 6.07) is 0. The monoisotopic (exact) mass is 265 g/mol. The number of aromatic nitrogens is 3. The van der Waals surface area contributed by atoms with Crippen LogP contribution in [0.2, 0.25) is 0 Å². The molecule has 1 atom stereocenters. The van der Waals surface area contributed by atoms with Crippen LogP contribution in [-0.4, -0.2) is 30.8 Å². The van der Waals surface area contributed by atoms with Crippen LogP contribution in [0.3, 0.4) is 0 Å². The molecule has 4 nitrogen and oxygen atoms in total. The number of aryl methyl sites for hydroxylation is 3. The first-order valence-corrected chi connectivity index (χ1v) is 7.89. The van der Waals surface area contributed by atoms with Crippen LogP contribution in [0.1, 0.15) is 24.1 Å². The topological polar surface area (TPSA) is 47.8 Å². The van der Waals surface area contributed by atoms with Crippen LogP contribution in [0.25, 0.3) is 11.0 Å². The SMILES string of the molecule is Cc1ncc2ncn(CCCCS(C)=O)c2c1C. The van der Waals surface area contributed by atoms with E-state index in [2.05, 4.69) is 21.5 Å². The van der Waals surface area contributed by atoms with E-state index in [0.717, 1.165) is 36.3 Å². The molecule has 0 amide bonds. The maximum Gasteiger partial charge on any atom is 0.107 e. The van der Waals surface area contributed by atoms with Gasteiger partial charge >= 0.3 is 0 Å². The summed E-state index contributed by atoms with van der Waals surface area (Å²) >= 11 is 0. The van der Waals surface area contributed by atoms with E-state index in [-0.39, 0.29) is 0 Å². The molecule has 1 unspecified atom stereocenters. The van der Waals surface area contributed by atoms with Crippen LogP contribution in [0.15, 0.2) is 12.5 Å². The summed E-state index contributed by atoms with van der Waals surface area (Å²) in [6.45, 7) is 5.04. The lowest BCUT2D eigenvalue weighted by molar-refractivity contribution is 0.639. The zero-order valence-electron chi connectivity index (χ0n) is 11.1. The Balaban J connectivity index is 2.14. The number of unbranched alkanes of at least 4 members (excludes halogenated alkanes) is 1. The molecule has 2 aromatic heterocycles. The predicted octanol–water partition coefficient (Wildman–Crippen LogP) is 2.21. The van der Waals surface area contributed by atoms with Gasteiger partial charge in [0.15, 0.2) is 0 Å². The number of hydrogen-bond donors (Lipinski definition) is 0. The van der Waals surface area contributed by atoms with E-state index in [4.69, 9.17) is 0 Å². The molecule has 0 N–H and O–H groups in total. The van der Waals surface area contributed by atoms with Crippen molar-refractivity contribution in [2.75, 3.05) is 12.0 Å². The van der Waals surface area contributed by atoms with Crippen molar-refractivity contribution in [3.05, 3.63) is 23.8 Å². The van der Waals surface area contributed by atoms with Crippen LogP contribution in [-0.2, 0) is 17.3 Å². The lowest BCUT2D eigenvalue weighted by Gasteiger charge is -2.07. The van der Waals surface area contributed by atoms with Crippen LogP contribution < -0.4 is 0 Å². The van der Waals surface area contributed by atoms with Crippen molar-refractivity contribution >= 4 is 21.8 Å². The molecule has 98 valence electrons. The quantitative estimate of drug-likeness (QED) is 0.779. The lowest BCUT2D eigenvalue weighted by Crippen LogP contribution is -2.01. The number of imidazole rings is 1. The third-order valence-electron chi connectivity index (χ3n) is 3.23. The van der Waals surface area contributed by atoms with Crippen molar-refractivity contribution in [3.8, 4) is 0 Å². The molecule has 0 bridgehead atoms. The van der Waals surface area contributed by atoms with Crippen LogP contribution >= 0.6 is 0 Å². The molecule has 0 saturated heterocycles. The minimum atomic E-state index is -0.684. The summed E-state index contributed by atoms with van der Waals surface area (Å²) in [4.78, 5) is 8.70. The van der Waals surface area contributed by atoms with E-state index >= 15 is 0 Å². The minimum absolute atomic E-state index is 0.684. The third kappa shape index (κ3) is 2.77. The summed E-state index contributed by atoms with van der Waals surface area (Å²) in [7, 11) is -0.684. The van der Waals surface area contributed by atoms with Crippen molar-refractivity contribution in [1.29, 1.82) is 0 Å². The fraction of sp³-hybridized carbons (Fsp3) is 0.538. The largest absolute Gasteiger partial charge is 0.330 e. The van der Waals surface area contributed by atoms with Gasteiger partial charge in [-0.25, -0.2) is 4.98 Å². The van der Waals surface area contributed by atoms with E-state index in [1.54, 1.807) is 6.26 Å². The fourth-order valence-electron chi connectivity index (χ4n) is 2.08. The first-order valence-electron chi connectivity index (χ1n) is 6.16. The van der Waals surface area contributed by atoms with E-state index in [9.17, 15) is 4.21 Å². The molecular weight excluding hydrogens is 246 g/mol. The highest BCUT2D eigenvalue weighted by Crippen LogP contribution is 2.19. The maximum atomic E-state index is 11.0. The summed E-state index contributed by atoms with van der Waals surface area (Å²) in [5, 5.41) is 0. The Morgan fingerprint density at radius 1 is 1.28 bits per heavy atom. The van der Waals surface area contributed by atoms with Gasteiger partial charge in [0.2, 0.25) is 0 Å². The Kier molecular flexibility index (Phi) is 4.11. The molecule has 18 heavy (non-hydrogen) atoms. The Labute approximate surface area is 110 Å². The highest BCUT2D eigenvalue weighted by Gasteiger charge is 2.08. The number of nitrogens with zero attached hydrogens (tertiary/aromatic N) is 3. The molecule has 0 aromatic carbocycles. The Bertz CT molecular complexity index is 577. The van der Waals surface area contributed by atoms with Crippen LogP contribution in [0.4, 0.5) is 0 Å². The van der Waals surface area contributed by atoms with E-state index in [1.165, 1.54) is 11.1 Å². The first-order chi connectivity index (χ1) is 8.59. The molecule has 0 aliphatic carbocycles. The molecule has 0 aliphatic heterocycles. The van der Waals surface area contributed by atoms with E-state index in [1.807, 2.05) is 19.4 Å². The fourth-order valence-corrected chi connectivity index (χ4v) is 2.69. The van der Waals surface area contributed by atoms with Crippen molar-refractivity contribution in [1.82, 2.24) is 14.5 Å². The van der Waals surface area contributed by atoms with Gasteiger partial charge in [-0.2, -0.15) is 0 Å². The molecule has 0 saturated carbocycles. The van der Waals surface area contributed by atoms with Crippen molar-refractivity contribution in [2.24, 2.45) is 0 Å². The second-order valence-electron chi connectivity index (χ2n) is 4.62. The van der Waals surface area contributed by atoms with Crippen molar-refractivity contribution in [2.45, 2.75) is 33.2 Å². The molecule has 0 fully saturated rings. The minimum Gasteiger partial charge on any atom is -0.330 e. The number of hydrogen-bond acceptors (Lipinski definition) is 3. The van der Waals surface area contributed by atoms with Crippen molar-refractivity contribution in [3.63, 3.8) is 0 Å². The van der Waals surface area contributed by atoms with E-state index < -0.39 is 10.8 Å². The second-order valence-corrected chi connectivity index (χ2v) is 6.18. The molecule has 2 aromatic rings. The van der Waals surface area contributed by atoms with Crippen molar-refractivity contribution < 1.29 is 4.21 Å². The molecule has 2 heterocycles. The van der Waals surface area contributed by atoms with E-state index in [0.29, 0.717) is 0 Å². The average Bonchev–Trinajstić information content (AvgIpc) is 2.73. The predicted molar refractivity (Wildman–Crippen MR) is 75.2 cm³/mol. The smallest absolute Gasteiger partial charge is 0.107 e. The number of pyridine rings is 1. The standard InChI is InChI=1S/C13H19N3OS/c1-10-11(2)14-8-12-13(10)16(9-15-12)6-4-5-7-18(3)17/h8-9H,4-7H2,1-3H3. The molecule has 0 radical (unpaired) electrons. The summed E-state index contributed by atoms with van der Waals surface area (Å²) in [5.41, 5.74) is 4.39. The normalized spacial score (nSPS) is 13.1. The number of fused-ring (bicyclic) bond motifs is 1. The van der Waals surface area contributed by atoms with Gasteiger partial charge in [0.1, 0.15) is 5.52 Å². The van der Waals surface area contributed by atoms with Gasteiger partial charge in [-0.1, -0.05) is 0 Å². The van der Waals surface area contributed by atoms with Gasteiger partial charge in [0.05, 0.1) is 18.0 Å². The molecule has 5 heteroatoms. The van der Waals surface area contributed by atoms with Gasteiger partial charge in [-0.3, -0.25) is 9.19 Å². The maximum absolute atomic E-state index is 11.0. The van der Waals surface area contributed by atoms with Gasteiger partial charge in [0.25, 0.3) is 0 Å². The molecule has 0 spiro atoms. The Hall–Kier alpha value is -1.23. The molecule has 2 rings (SSSR count). The second kappa shape index (κ2) is 5.61. The summed E-state index contributed by atoms with van der Waals surface area (Å²) in [6.07, 6.45) is 7.49.